The average molecular weight is 346 g/mol. The Morgan fingerprint density at radius 1 is 1.04 bits per heavy atom. The number of benzene rings is 2. The number of hydrogen-bond donors (Lipinski definition) is 1. The quantitative estimate of drug-likeness (QED) is 0.709. The summed E-state index contributed by atoms with van der Waals surface area (Å²) in [6.07, 6.45) is 1.22. The van der Waals surface area contributed by atoms with Gasteiger partial charge in [0.1, 0.15) is 0 Å². The highest BCUT2D eigenvalue weighted by Crippen LogP contribution is 2.23. The lowest BCUT2D eigenvalue weighted by Crippen LogP contribution is -2.30. The van der Waals surface area contributed by atoms with E-state index < -0.39 is 0 Å². The SMILES string of the molecule is CCC(NC(=O)Cc1c(C)nc2ccccc2c1C)c1ccc(C)cc1. The molecule has 1 unspecified atom stereocenters. The number of rotatable bonds is 5. The van der Waals surface area contributed by atoms with Gasteiger partial charge in [-0.15, -0.1) is 0 Å². The van der Waals surface area contributed by atoms with Crippen LogP contribution in [0, 0.1) is 20.8 Å². The molecule has 0 radical (unpaired) electrons. The van der Waals surface area contributed by atoms with Crippen molar-refractivity contribution in [1.29, 1.82) is 0 Å². The molecule has 0 spiro atoms. The Kier molecular flexibility index (Phi) is 5.36. The van der Waals surface area contributed by atoms with Crippen LogP contribution in [0.4, 0.5) is 0 Å². The van der Waals surface area contributed by atoms with Gasteiger partial charge in [0.25, 0.3) is 0 Å². The van der Waals surface area contributed by atoms with Gasteiger partial charge in [-0.2, -0.15) is 0 Å². The van der Waals surface area contributed by atoms with E-state index in [4.69, 9.17) is 0 Å². The van der Waals surface area contributed by atoms with E-state index in [1.165, 1.54) is 5.56 Å². The second-order valence-electron chi connectivity index (χ2n) is 6.93. The minimum atomic E-state index is 0.0390. The number of aryl methyl sites for hydroxylation is 3. The smallest absolute Gasteiger partial charge is 0.224 e. The lowest BCUT2D eigenvalue weighted by molar-refractivity contribution is -0.121. The molecule has 26 heavy (non-hydrogen) atoms. The first-order valence-electron chi connectivity index (χ1n) is 9.20. The number of nitrogens with zero attached hydrogens (tertiary/aromatic N) is 1. The number of fused-ring (bicyclic) bond motifs is 1. The van der Waals surface area contributed by atoms with Crippen molar-refractivity contribution in [2.45, 2.75) is 46.6 Å². The summed E-state index contributed by atoms with van der Waals surface area (Å²) >= 11 is 0. The second-order valence-corrected chi connectivity index (χ2v) is 6.93. The highest BCUT2D eigenvalue weighted by Gasteiger charge is 2.16. The lowest BCUT2D eigenvalue weighted by atomic mass is 9.98. The first-order chi connectivity index (χ1) is 12.5. The lowest BCUT2D eigenvalue weighted by Gasteiger charge is -2.19. The van der Waals surface area contributed by atoms with Crippen LogP contribution in [-0.2, 0) is 11.2 Å². The number of para-hydroxylation sites is 1. The molecule has 3 aromatic rings. The van der Waals surface area contributed by atoms with Crippen LogP contribution in [0.1, 0.15) is 47.3 Å². The Balaban J connectivity index is 1.81. The maximum Gasteiger partial charge on any atom is 0.224 e. The van der Waals surface area contributed by atoms with E-state index >= 15 is 0 Å². The molecule has 0 aliphatic heterocycles. The number of amides is 1. The van der Waals surface area contributed by atoms with Gasteiger partial charge in [-0.25, -0.2) is 0 Å². The van der Waals surface area contributed by atoms with Crippen molar-refractivity contribution < 1.29 is 4.79 Å². The third-order valence-electron chi connectivity index (χ3n) is 5.05. The van der Waals surface area contributed by atoms with E-state index in [9.17, 15) is 4.79 Å². The Morgan fingerprint density at radius 2 is 1.73 bits per heavy atom. The van der Waals surface area contributed by atoms with Gasteiger partial charge in [0.05, 0.1) is 18.0 Å². The van der Waals surface area contributed by atoms with E-state index in [2.05, 4.69) is 61.4 Å². The van der Waals surface area contributed by atoms with Gasteiger partial charge in [0, 0.05) is 11.1 Å². The fraction of sp³-hybridized carbons (Fsp3) is 0.304. The highest BCUT2D eigenvalue weighted by molar-refractivity contribution is 5.86. The molecule has 134 valence electrons. The maximum absolute atomic E-state index is 12.7. The standard InChI is InChI=1S/C23H26N2O/c1-5-21(18-12-10-15(2)11-13-18)25-23(26)14-20-16(3)19-8-6-7-9-22(19)24-17(20)4/h6-13,21H,5,14H2,1-4H3,(H,25,26). The van der Waals surface area contributed by atoms with Gasteiger partial charge in [0.15, 0.2) is 0 Å². The molecule has 0 saturated carbocycles. The van der Waals surface area contributed by atoms with Gasteiger partial charge in [-0.1, -0.05) is 55.0 Å². The Hall–Kier alpha value is -2.68. The summed E-state index contributed by atoms with van der Waals surface area (Å²) < 4.78 is 0. The van der Waals surface area contributed by atoms with E-state index in [1.807, 2.05) is 25.1 Å². The van der Waals surface area contributed by atoms with Crippen molar-refractivity contribution in [3.8, 4) is 0 Å². The van der Waals surface area contributed by atoms with Crippen molar-refractivity contribution in [1.82, 2.24) is 10.3 Å². The van der Waals surface area contributed by atoms with Crippen molar-refractivity contribution in [3.63, 3.8) is 0 Å². The molecule has 1 aromatic heterocycles. The summed E-state index contributed by atoms with van der Waals surface area (Å²) in [5, 5.41) is 4.30. The second kappa shape index (κ2) is 7.69. The van der Waals surface area contributed by atoms with Gasteiger partial charge in [-0.3, -0.25) is 9.78 Å². The third kappa shape index (κ3) is 3.77. The monoisotopic (exact) mass is 346 g/mol. The first kappa shape index (κ1) is 18.1. The van der Waals surface area contributed by atoms with Crippen molar-refractivity contribution >= 4 is 16.8 Å². The van der Waals surface area contributed by atoms with Crippen LogP contribution in [0.3, 0.4) is 0 Å². The Labute approximate surface area is 155 Å². The van der Waals surface area contributed by atoms with Crippen molar-refractivity contribution in [2.24, 2.45) is 0 Å². The van der Waals surface area contributed by atoms with Crippen LogP contribution in [0.2, 0.25) is 0 Å². The molecule has 3 nitrogen and oxygen atoms in total. The van der Waals surface area contributed by atoms with Gasteiger partial charge in [-0.05, 0) is 49.9 Å². The molecule has 1 N–H and O–H groups in total. The van der Waals surface area contributed by atoms with E-state index in [0.717, 1.165) is 39.7 Å². The van der Waals surface area contributed by atoms with E-state index in [0.29, 0.717) is 6.42 Å². The number of pyridine rings is 1. The Bertz CT molecular complexity index is 929. The summed E-state index contributed by atoms with van der Waals surface area (Å²) in [6.45, 7) is 8.23. The Morgan fingerprint density at radius 3 is 2.42 bits per heavy atom. The molecular formula is C23H26N2O. The molecule has 0 aliphatic carbocycles. The largest absolute Gasteiger partial charge is 0.349 e. The molecule has 3 heteroatoms. The number of carbonyl (C=O) groups is 1. The van der Waals surface area contributed by atoms with Gasteiger partial charge in [0.2, 0.25) is 5.91 Å². The molecule has 0 aliphatic rings. The molecule has 2 aromatic carbocycles. The zero-order valence-electron chi connectivity index (χ0n) is 16.0. The maximum atomic E-state index is 12.7. The van der Waals surface area contributed by atoms with Crippen LogP contribution < -0.4 is 5.32 Å². The van der Waals surface area contributed by atoms with Crippen LogP contribution in [0.25, 0.3) is 10.9 Å². The first-order valence-corrected chi connectivity index (χ1v) is 9.20. The third-order valence-corrected chi connectivity index (χ3v) is 5.05. The molecule has 0 bridgehead atoms. The summed E-state index contributed by atoms with van der Waals surface area (Å²) in [5.74, 6) is 0.0423. The molecule has 3 rings (SSSR count). The minimum absolute atomic E-state index is 0.0390. The van der Waals surface area contributed by atoms with Crippen LogP contribution in [0.5, 0.6) is 0 Å². The zero-order valence-corrected chi connectivity index (χ0v) is 16.0. The van der Waals surface area contributed by atoms with Gasteiger partial charge >= 0.3 is 0 Å². The minimum Gasteiger partial charge on any atom is -0.349 e. The van der Waals surface area contributed by atoms with Crippen LogP contribution >= 0.6 is 0 Å². The fourth-order valence-corrected chi connectivity index (χ4v) is 3.46. The van der Waals surface area contributed by atoms with E-state index in [1.54, 1.807) is 0 Å². The fourth-order valence-electron chi connectivity index (χ4n) is 3.46. The molecule has 0 saturated heterocycles. The molecule has 1 amide bonds. The number of hydrogen-bond acceptors (Lipinski definition) is 2. The summed E-state index contributed by atoms with van der Waals surface area (Å²) in [7, 11) is 0. The zero-order chi connectivity index (χ0) is 18.7. The van der Waals surface area contributed by atoms with Crippen LogP contribution in [-0.4, -0.2) is 10.9 Å². The summed E-state index contributed by atoms with van der Waals surface area (Å²) in [4.78, 5) is 17.4. The highest BCUT2D eigenvalue weighted by atomic mass is 16.1. The summed E-state index contributed by atoms with van der Waals surface area (Å²) in [6, 6.07) is 16.5. The topological polar surface area (TPSA) is 42.0 Å². The number of aromatic nitrogens is 1. The average Bonchev–Trinajstić information content (AvgIpc) is 2.64. The number of nitrogens with one attached hydrogen (secondary N) is 1. The number of carbonyl (C=O) groups excluding carboxylic acids is 1. The normalized spacial score (nSPS) is 12.2. The predicted octanol–water partition coefficient (Wildman–Crippen LogP) is 4.97. The van der Waals surface area contributed by atoms with Gasteiger partial charge < -0.3 is 5.32 Å². The molecule has 1 atom stereocenters. The predicted molar refractivity (Wildman–Crippen MR) is 107 cm³/mol. The van der Waals surface area contributed by atoms with Crippen molar-refractivity contribution in [3.05, 3.63) is 76.5 Å². The van der Waals surface area contributed by atoms with Crippen LogP contribution in [0.15, 0.2) is 48.5 Å². The molecule has 0 fully saturated rings. The molecular weight excluding hydrogens is 320 g/mol. The van der Waals surface area contributed by atoms with E-state index in [-0.39, 0.29) is 11.9 Å². The summed E-state index contributed by atoms with van der Waals surface area (Å²) in [5.41, 5.74) is 6.46. The van der Waals surface area contributed by atoms with Crippen molar-refractivity contribution in [2.75, 3.05) is 0 Å². The molecule has 1 heterocycles.